The SMILES string of the molecule is O=C(CCOC1CCNCC1)c1cc(Cl)ccc1Cl. The molecule has 0 bridgehead atoms. The summed E-state index contributed by atoms with van der Waals surface area (Å²) in [6.45, 7) is 2.41. The van der Waals surface area contributed by atoms with Crippen LogP contribution in [0.15, 0.2) is 18.2 Å². The highest BCUT2D eigenvalue weighted by Crippen LogP contribution is 2.22. The Morgan fingerprint density at radius 2 is 2.05 bits per heavy atom. The maximum atomic E-state index is 12.0. The molecule has 0 spiro atoms. The summed E-state index contributed by atoms with van der Waals surface area (Å²) in [5, 5.41) is 4.24. The number of Topliss-reactive ketones (excluding diaryl/α,β-unsaturated/α-hetero) is 1. The first-order chi connectivity index (χ1) is 9.16. The van der Waals surface area contributed by atoms with Gasteiger partial charge in [-0.15, -0.1) is 0 Å². The van der Waals surface area contributed by atoms with E-state index in [1.54, 1.807) is 18.2 Å². The van der Waals surface area contributed by atoms with Gasteiger partial charge in [-0.2, -0.15) is 0 Å². The van der Waals surface area contributed by atoms with E-state index >= 15 is 0 Å². The molecule has 1 heterocycles. The molecule has 19 heavy (non-hydrogen) atoms. The van der Waals surface area contributed by atoms with Gasteiger partial charge in [0, 0.05) is 17.0 Å². The lowest BCUT2D eigenvalue weighted by Gasteiger charge is -2.22. The van der Waals surface area contributed by atoms with Gasteiger partial charge in [-0.3, -0.25) is 4.79 Å². The predicted molar refractivity (Wildman–Crippen MR) is 77.3 cm³/mol. The van der Waals surface area contributed by atoms with Gasteiger partial charge in [-0.05, 0) is 44.1 Å². The molecular weight excluding hydrogens is 285 g/mol. The van der Waals surface area contributed by atoms with Gasteiger partial charge in [-0.25, -0.2) is 0 Å². The number of rotatable bonds is 5. The van der Waals surface area contributed by atoms with Crippen LogP contribution in [0.1, 0.15) is 29.6 Å². The number of carbonyl (C=O) groups excluding carboxylic acids is 1. The fourth-order valence-corrected chi connectivity index (χ4v) is 2.52. The zero-order chi connectivity index (χ0) is 13.7. The first-order valence-corrected chi connectivity index (χ1v) is 7.23. The van der Waals surface area contributed by atoms with Gasteiger partial charge < -0.3 is 10.1 Å². The van der Waals surface area contributed by atoms with Crippen molar-refractivity contribution in [2.24, 2.45) is 0 Å². The highest BCUT2D eigenvalue weighted by molar-refractivity contribution is 6.35. The van der Waals surface area contributed by atoms with E-state index in [0.717, 1.165) is 25.9 Å². The number of ether oxygens (including phenoxy) is 1. The molecule has 0 aromatic heterocycles. The van der Waals surface area contributed by atoms with Gasteiger partial charge >= 0.3 is 0 Å². The molecule has 0 atom stereocenters. The summed E-state index contributed by atoms with van der Waals surface area (Å²) < 4.78 is 5.71. The topological polar surface area (TPSA) is 38.3 Å². The van der Waals surface area contributed by atoms with Crippen LogP contribution in [-0.4, -0.2) is 31.6 Å². The number of piperidine rings is 1. The molecule has 3 nitrogen and oxygen atoms in total. The first kappa shape index (κ1) is 14.8. The van der Waals surface area contributed by atoms with Crippen LogP contribution in [-0.2, 0) is 4.74 Å². The van der Waals surface area contributed by atoms with Crippen LogP contribution in [0.25, 0.3) is 0 Å². The molecule has 1 aromatic carbocycles. The van der Waals surface area contributed by atoms with Crippen LogP contribution < -0.4 is 5.32 Å². The minimum absolute atomic E-state index is 0.0264. The summed E-state index contributed by atoms with van der Waals surface area (Å²) in [6, 6.07) is 4.92. The molecule has 0 unspecified atom stereocenters. The Labute approximate surface area is 123 Å². The number of halogens is 2. The van der Waals surface area contributed by atoms with Crippen molar-refractivity contribution < 1.29 is 9.53 Å². The van der Waals surface area contributed by atoms with Crippen LogP contribution in [0.5, 0.6) is 0 Å². The van der Waals surface area contributed by atoms with E-state index in [1.165, 1.54) is 0 Å². The predicted octanol–water partition coefficient (Wildman–Crippen LogP) is 3.33. The number of nitrogens with one attached hydrogen (secondary N) is 1. The normalized spacial score (nSPS) is 16.5. The standard InChI is InChI=1S/C14H17Cl2NO2/c15-10-1-2-13(16)12(9-10)14(18)5-8-19-11-3-6-17-7-4-11/h1-2,9,11,17H,3-8H2. The summed E-state index contributed by atoms with van der Waals surface area (Å²) in [6.07, 6.45) is 2.62. The molecule has 5 heteroatoms. The fraction of sp³-hybridized carbons (Fsp3) is 0.500. The van der Waals surface area contributed by atoms with E-state index in [4.69, 9.17) is 27.9 Å². The highest BCUT2D eigenvalue weighted by Gasteiger charge is 2.15. The molecule has 1 aliphatic rings. The van der Waals surface area contributed by atoms with E-state index in [2.05, 4.69) is 5.32 Å². The first-order valence-electron chi connectivity index (χ1n) is 6.47. The molecule has 1 saturated heterocycles. The van der Waals surface area contributed by atoms with Gasteiger partial charge in [0.1, 0.15) is 0 Å². The van der Waals surface area contributed by atoms with Crippen LogP contribution in [0.2, 0.25) is 10.0 Å². The minimum Gasteiger partial charge on any atom is -0.378 e. The van der Waals surface area contributed by atoms with Gasteiger partial charge in [-0.1, -0.05) is 23.2 Å². The molecule has 1 N–H and O–H groups in total. The molecule has 0 aliphatic carbocycles. The van der Waals surface area contributed by atoms with Crippen molar-refractivity contribution >= 4 is 29.0 Å². The van der Waals surface area contributed by atoms with Gasteiger partial charge in [0.05, 0.1) is 17.7 Å². The van der Waals surface area contributed by atoms with Crippen molar-refractivity contribution in [3.8, 4) is 0 Å². The number of hydrogen-bond donors (Lipinski definition) is 1. The van der Waals surface area contributed by atoms with E-state index in [-0.39, 0.29) is 11.9 Å². The quantitative estimate of drug-likeness (QED) is 0.848. The molecule has 2 rings (SSSR count). The summed E-state index contributed by atoms with van der Waals surface area (Å²) in [7, 11) is 0. The summed E-state index contributed by atoms with van der Waals surface area (Å²) in [5.41, 5.74) is 0.475. The lowest BCUT2D eigenvalue weighted by molar-refractivity contribution is 0.0313. The Hall–Kier alpha value is -0.610. The zero-order valence-corrected chi connectivity index (χ0v) is 12.1. The van der Waals surface area contributed by atoms with Crippen molar-refractivity contribution in [3.05, 3.63) is 33.8 Å². The molecule has 0 radical (unpaired) electrons. The van der Waals surface area contributed by atoms with Crippen LogP contribution >= 0.6 is 23.2 Å². The molecule has 0 saturated carbocycles. The Kier molecular flexibility index (Phi) is 5.64. The smallest absolute Gasteiger partial charge is 0.166 e. The number of carbonyl (C=O) groups is 1. The largest absolute Gasteiger partial charge is 0.378 e. The fourth-order valence-electron chi connectivity index (χ4n) is 2.13. The second-order valence-corrected chi connectivity index (χ2v) is 5.46. The van der Waals surface area contributed by atoms with Gasteiger partial charge in [0.25, 0.3) is 0 Å². The van der Waals surface area contributed by atoms with Crippen LogP contribution in [0.3, 0.4) is 0 Å². The molecular formula is C14H17Cl2NO2. The molecule has 1 aliphatic heterocycles. The average Bonchev–Trinajstić information content (AvgIpc) is 2.42. The van der Waals surface area contributed by atoms with E-state index in [1.807, 2.05) is 0 Å². The van der Waals surface area contributed by atoms with Gasteiger partial charge in [0.2, 0.25) is 0 Å². The Bertz CT molecular complexity index is 445. The Balaban J connectivity index is 1.82. The van der Waals surface area contributed by atoms with Crippen molar-refractivity contribution in [2.45, 2.75) is 25.4 Å². The Morgan fingerprint density at radius 3 is 2.79 bits per heavy atom. The number of ketones is 1. The van der Waals surface area contributed by atoms with E-state index in [0.29, 0.717) is 28.6 Å². The number of benzene rings is 1. The van der Waals surface area contributed by atoms with Crippen molar-refractivity contribution in [3.63, 3.8) is 0 Å². The highest BCUT2D eigenvalue weighted by atomic mass is 35.5. The third-order valence-corrected chi connectivity index (χ3v) is 3.76. The minimum atomic E-state index is -0.0264. The third kappa shape index (κ3) is 4.46. The average molecular weight is 302 g/mol. The van der Waals surface area contributed by atoms with E-state index in [9.17, 15) is 4.79 Å². The molecule has 1 aromatic rings. The Morgan fingerprint density at radius 1 is 1.32 bits per heavy atom. The zero-order valence-electron chi connectivity index (χ0n) is 10.6. The molecule has 1 fully saturated rings. The maximum Gasteiger partial charge on any atom is 0.166 e. The van der Waals surface area contributed by atoms with Crippen molar-refractivity contribution in [2.75, 3.05) is 19.7 Å². The molecule has 104 valence electrons. The summed E-state index contributed by atoms with van der Waals surface area (Å²) >= 11 is 11.9. The second kappa shape index (κ2) is 7.25. The van der Waals surface area contributed by atoms with Crippen LogP contribution in [0, 0.1) is 0 Å². The summed E-state index contributed by atoms with van der Waals surface area (Å²) in [4.78, 5) is 12.0. The molecule has 0 amide bonds. The van der Waals surface area contributed by atoms with Gasteiger partial charge in [0.15, 0.2) is 5.78 Å². The second-order valence-electron chi connectivity index (χ2n) is 4.62. The van der Waals surface area contributed by atoms with Crippen LogP contribution in [0.4, 0.5) is 0 Å². The summed E-state index contributed by atoms with van der Waals surface area (Å²) in [5.74, 6) is -0.0264. The lowest BCUT2D eigenvalue weighted by Crippen LogP contribution is -2.32. The maximum absolute atomic E-state index is 12.0. The monoisotopic (exact) mass is 301 g/mol. The lowest BCUT2D eigenvalue weighted by atomic mass is 10.1. The van der Waals surface area contributed by atoms with E-state index < -0.39 is 0 Å². The number of hydrogen-bond acceptors (Lipinski definition) is 3. The third-order valence-electron chi connectivity index (χ3n) is 3.20. The van der Waals surface area contributed by atoms with Crippen molar-refractivity contribution in [1.82, 2.24) is 5.32 Å². The van der Waals surface area contributed by atoms with Crippen molar-refractivity contribution in [1.29, 1.82) is 0 Å².